The Morgan fingerprint density at radius 2 is 2.18 bits per heavy atom. The average molecular weight is 298 g/mol. The van der Waals surface area contributed by atoms with E-state index in [1.54, 1.807) is 6.20 Å². The highest BCUT2D eigenvalue weighted by Crippen LogP contribution is 2.24. The minimum absolute atomic E-state index is 0.498. The van der Waals surface area contributed by atoms with E-state index in [1.807, 2.05) is 38.2 Å². The molecular weight excluding hydrogens is 276 g/mol. The standard InChI is InChI=1S/C17H22N4O/c1-13-10-19-14(2)17(20-13)21-9-5-6-15(11-21)12-22-16-7-3-4-8-18-16/h3-4,7-8,10,15H,5-6,9,11-12H2,1-2H3. The predicted molar refractivity (Wildman–Crippen MR) is 86.2 cm³/mol. The molecule has 3 rings (SSSR count). The number of piperidine rings is 1. The van der Waals surface area contributed by atoms with E-state index in [4.69, 9.17) is 4.74 Å². The number of anilines is 1. The summed E-state index contributed by atoms with van der Waals surface area (Å²) in [7, 11) is 0. The number of rotatable bonds is 4. The van der Waals surface area contributed by atoms with E-state index in [-0.39, 0.29) is 0 Å². The van der Waals surface area contributed by atoms with E-state index < -0.39 is 0 Å². The molecule has 1 aliphatic rings. The molecule has 0 aliphatic carbocycles. The highest BCUT2D eigenvalue weighted by atomic mass is 16.5. The highest BCUT2D eigenvalue weighted by molar-refractivity contribution is 5.43. The molecule has 2 aromatic rings. The molecule has 1 fully saturated rings. The summed E-state index contributed by atoms with van der Waals surface area (Å²) in [5.74, 6) is 2.21. The van der Waals surface area contributed by atoms with Crippen molar-refractivity contribution in [2.24, 2.45) is 5.92 Å². The van der Waals surface area contributed by atoms with Crippen molar-refractivity contribution < 1.29 is 4.74 Å². The fourth-order valence-electron chi connectivity index (χ4n) is 2.85. The van der Waals surface area contributed by atoms with Gasteiger partial charge in [-0.15, -0.1) is 0 Å². The van der Waals surface area contributed by atoms with E-state index >= 15 is 0 Å². The Kier molecular flexibility index (Phi) is 4.51. The first-order chi connectivity index (χ1) is 10.7. The third-order valence-corrected chi connectivity index (χ3v) is 3.97. The molecule has 5 nitrogen and oxygen atoms in total. The number of nitrogens with zero attached hydrogens (tertiary/aromatic N) is 4. The lowest BCUT2D eigenvalue weighted by molar-refractivity contribution is 0.221. The molecule has 0 radical (unpaired) electrons. The number of aryl methyl sites for hydroxylation is 2. The summed E-state index contributed by atoms with van der Waals surface area (Å²) in [6, 6.07) is 5.74. The Hall–Kier alpha value is -2.17. The van der Waals surface area contributed by atoms with Gasteiger partial charge in [-0.05, 0) is 32.8 Å². The van der Waals surface area contributed by atoms with Crippen molar-refractivity contribution in [3.63, 3.8) is 0 Å². The molecule has 0 aromatic carbocycles. The first-order valence-electron chi connectivity index (χ1n) is 7.81. The number of ether oxygens (including phenoxy) is 1. The molecule has 1 unspecified atom stereocenters. The van der Waals surface area contributed by atoms with Gasteiger partial charge >= 0.3 is 0 Å². The molecule has 0 bridgehead atoms. The van der Waals surface area contributed by atoms with Crippen LogP contribution in [0.2, 0.25) is 0 Å². The lowest BCUT2D eigenvalue weighted by atomic mass is 9.99. The molecule has 0 spiro atoms. The van der Waals surface area contributed by atoms with Crippen molar-refractivity contribution in [3.8, 4) is 5.88 Å². The minimum atomic E-state index is 0.498. The molecule has 0 N–H and O–H groups in total. The molecule has 1 atom stereocenters. The Morgan fingerprint density at radius 1 is 1.27 bits per heavy atom. The van der Waals surface area contributed by atoms with Gasteiger partial charge in [0, 0.05) is 37.5 Å². The molecular formula is C17H22N4O. The van der Waals surface area contributed by atoms with Gasteiger partial charge in [-0.2, -0.15) is 0 Å². The molecule has 116 valence electrons. The first kappa shape index (κ1) is 14.8. The van der Waals surface area contributed by atoms with Gasteiger partial charge in [0.05, 0.1) is 18.0 Å². The largest absolute Gasteiger partial charge is 0.477 e. The smallest absolute Gasteiger partial charge is 0.213 e. The first-order valence-corrected chi connectivity index (χ1v) is 7.81. The van der Waals surface area contributed by atoms with Gasteiger partial charge in [0.15, 0.2) is 0 Å². The van der Waals surface area contributed by atoms with Crippen LogP contribution in [0.3, 0.4) is 0 Å². The molecule has 22 heavy (non-hydrogen) atoms. The van der Waals surface area contributed by atoms with Crippen LogP contribution in [-0.4, -0.2) is 34.6 Å². The highest BCUT2D eigenvalue weighted by Gasteiger charge is 2.23. The summed E-state index contributed by atoms with van der Waals surface area (Å²) in [6.07, 6.45) is 5.92. The molecule has 1 aliphatic heterocycles. The van der Waals surface area contributed by atoms with Crippen molar-refractivity contribution in [1.82, 2.24) is 15.0 Å². The Bertz CT molecular complexity index is 617. The molecule has 3 heterocycles. The van der Waals surface area contributed by atoms with Crippen LogP contribution in [-0.2, 0) is 0 Å². The lowest BCUT2D eigenvalue weighted by Gasteiger charge is -2.34. The zero-order valence-electron chi connectivity index (χ0n) is 13.2. The summed E-state index contributed by atoms with van der Waals surface area (Å²) in [5.41, 5.74) is 1.96. The van der Waals surface area contributed by atoms with Crippen LogP contribution in [0.15, 0.2) is 30.6 Å². The second-order valence-electron chi connectivity index (χ2n) is 5.85. The van der Waals surface area contributed by atoms with Gasteiger partial charge in [-0.25, -0.2) is 9.97 Å². The molecule has 0 saturated carbocycles. The summed E-state index contributed by atoms with van der Waals surface area (Å²) >= 11 is 0. The molecule has 0 amide bonds. The van der Waals surface area contributed by atoms with E-state index in [2.05, 4.69) is 19.9 Å². The summed E-state index contributed by atoms with van der Waals surface area (Å²) < 4.78 is 5.81. The number of pyridine rings is 1. The van der Waals surface area contributed by atoms with Gasteiger partial charge in [0.1, 0.15) is 5.82 Å². The van der Waals surface area contributed by atoms with Crippen LogP contribution in [0.25, 0.3) is 0 Å². The van der Waals surface area contributed by atoms with Crippen LogP contribution >= 0.6 is 0 Å². The van der Waals surface area contributed by atoms with E-state index in [0.717, 1.165) is 36.7 Å². The zero-order chi connectivity index (χ0) is 15.4. The van der Waals surface area contributed by atoms with Crippen molar-refractivity contribution in [2.45, 2.75) is 26.7 Å². The van der Waals surface area contributed by atoms with Gasteiger partial charge in [0.25, 0.3) is 0 Å². The maximum Gasteiger partial charge on any atom is 0.213 e. The van der Waals surface area contributed by atoms with Gasteiger partial charge < -0.3 is 9.64 Å². The number of aromatic nitrogens is 3. The van der Waals surface area contributed by atoms with Crippen molar-refractivity contribution in [2.75, 3.05) is 24.6 Å². The van der Waals surface area contributed by atoms with E-state index in [9.17, 15) is 0 Å². The summed E-state index contributed by atoms with van der Waals surface area (Å²) in [6.45, 7) is 6.72. The van der Waals surface area contributed by atoms with Crippen molar-refractivity contribution in [1.29, 1.82) is 0 Å². The third-order valence-electron chi connectivity index (χ3n) is 3.97. The van der Waals surface area contributed by atoms with Crippen molar-refractivity contribution >= 4 is 5.82 Å². The number of hydrogen-bond acceptors (Lipinski definition) is 5. The normalized spacial score (nSPS) is 18.3. The van der Waals surface area contributed by atoms with Crippen LogP contribution in [0, 0.1) is 19.8 Å². The van der Waals surface area contributed by atoms with Crippen LogP contribution in [0.4, 0.5) is 5.82 Å². The lowest BCUT2D eigenvalue weighted by Crippen LogP contribution is -2.38. The predicted octanol–water partition coefficient (Wildman–Crippen LogP) is 2.78. The molecule has 5 heteroatoms. The van der Waals surface area contributed by atoms with E-state index in [1.165, 1.54) is 6.42 Å². The fourth-order valence-corrected chi connectivity index (χ4v) is 2.85. The van der Waals surface area contributed by atoms with E-state index in [0.29, 0.717) is 18.4 Å². The minimum Gasteiger partial charge on any atom is -0.477 e. The monoisotopic (exact) mass is 298 g/mol. The van der Waals surface area contributed by atoms with Gasteiger partial charge in [-0.3, -0.25) is 4.98 Å². The van der Waals surface area contributed by atoms with Crippen molar-refractivity contribution in [3.05, 3.63) is 42.0 Å². The number of hydrogen-bond donors (Lipinski definition) is 0. The second kappa shape index (κ2) is 6.73. The SMILES string of the molecule is Cc1cnc(C)c(N2CCCC(COc3ccccn3)C2)n1. The molecule has 2 aromatic heterocycles. The summed E-state index contributed by atoms with van der Waals surface area (Å²) in [5, 5.41) is 0. The topological polar surface area (TPSA) is 51.1 Å². The average Bonchev–Trinajstić information content (AvgIpc) is 2.56. The third kappa shape index (κ3) is 3.53. The Morgan fingerprint density at radius 3 is 3.00 bits per heavy atom. The Balaban J connectivity index is 1.63. The van der Waals surface area contributed by atoms with Crippen LogP contribution in [0.5, 0.6) is 5.88 Å². The van der Waals surface area contributed by atoms with Gasteiger partial charge in [-0.1, -0.05) is 6.07 Å². The maximum absolute atomic E-state index is 5.81. The van der Waals surface area contributed by atoms with Crippen LogP contribution in [0.1, 0.15) is 24.2 Å². The van der Waals surface area contributed by atoms with Crippen LogP contribution < -0.4 is 9.64 Å². The second-order valence-corrected chi connectivity index (χ2v) is 5.85. The Labute approximate surface area is 131 Å². The summed E-state index contributed by atoms with van der Waals surface area (Å²) in [4.78, 5) is 15.6. The van der Waals surface area contributed by atoms with Gasteiger partial charge in [0.2, 0.25) is 5.88 Å². The quantitative estimate of drug-likeness (QED) is 0.868. The maximum atomic E-state index is 5.81. The molecule has 1 saturated heterocycles. The zero-order valence-corrected chi connectivity index (χ0v) is 13.2. The fraction of sp³-hybridized carbons (Fsp3) is 0.471.